The Hall–Kier alpha value is -1.14. The number of hydrogen-bond acceptors (Lipinski definition) is 4. The van der Waals surface area contributed by atoms with Crippen LogP contribution in [0.2, 0.25) is 0 Å². The number of fused-ring (bicyclic) bond motifs is 1. The lowest BCUT2D eigenvalue weighted by Crippen LogP contribution is -2.36. The predicted molar refractivity (Wildman–Crippen MR) is 52.9 cm³/mol. The second kappa shape index (κ2) is 3.46. The van der Waals surface area contributed by atoms with E-state index in [1.165, 1.54) is 12.1 Å². The number of aliphatic hydroxyl groups is 1. The summed E-state index contributed by atoms with van der Waals surface area (Å²) in [5.74, 6) is -0.790. The first kappa shape index (κ1) is 10.4. The van der Waals surface area contributed by atoms with Crippen LogP contribution in [0.5, 0.6) is 0 Å². The lowest BCUT2D eigenvalue weighted by atomic mass is 10.2. The Morgan fingerprint density at radius 3 is 2.93 bits per heavy atom. The third-order valence-corrected chi connectivity index (χ3v) is 4.13. The van der Waals surface area contributed by atoms with Crippen LogP contribution in [0.1, 0.15) is 0 Å². The molecule has 0 fully saturated rings. The fourth-order valence-corrected chi connectivity index (χ4v) is 3.24. The fraction of sp³-hybridized carbons (Fsp3) is 0.333. The van der Waals surface area contributed by atoms with Crippen molar-refractivity contribution < 1.29 is 17.9 Å². The molecule has 1 unspecified atom stereocenters. The van der Waals surface area contributed by atoms with Crippen LogP contribution in [0.15, 0.2) is 23.1 Å². The maximum absolute atomic E-state index is 12.9. The number of hydrogen-bond donors (Lipinski definition) is 2. The number of halogens is 1. The lowest BCUT2D eigenvalue weighted by Gasteiger charge is -2.25. The van der Waals surface area contributed by atoms with Crippen LogP contribution < -0.4 is 5.32 Å². The van der Waals surface area contributed by atoms with Gasteiger partial charge in [-0.3, -0.25) is 0 Å². The zero-order valence-corrected chi connectivity index (χ0v) is 8.59. The summed E-state index contributed by atoms with van der Waals surface area (Å²) >= 11 is 0. The molecule has 1 heterocycles. The summed E-state index contributed by atoms with van der Waals surface area (Å²) in [4.78, 5) is -0.0350. The van der Waals surface area contributed by atoms with Gasteiger partial charge in [0.15, 0.2) is 9.84 Å². The Morgan fingerprint density at radius 2 is 2.27 bits per heavy atom. The second-order valence-electron chi connectivity index (χ2n) is 3.45. The predicted octanol–water partition coefficient (Wildman–Crippen LogP) is 0.386. The van der Waals surface area contributed by atoms with E-state index in [-0.39, 0.29) is 17.3 Å². The summed E-state index contributed by atoms with van der Waals surface area (Å²) in [6, 6.07) is 3.02. The van der Waals surface area contributed by atoms with E-state index in [0.29, 0.717) is 5.69 Å². The quantitative estimate of drug-likeness (QED) is 0.733. The Kier molecular flexibility index (Phi) is 2.40. The normalized spacial score (nSPS) is 22.9. The smallest absolute Gasteiger partial charge is 0.182 e. The molecule has 15 heavy (non-hydrogen) atoms. The van der Waals surface area contributed by atoms with Crippen molar-refractivity contribution in [2.75, 3.05) is 17.7 Å². The highest BCUT2D eigenvalue weighted by Crippen LogP contribution is 2.28. The number of sulfone groups is 1. The monoisotopic (exact) mass is 231 g/mol. The van der Waals surface area contributed by atoms with E-state index in [4.69, 9.17) is 5.11 Å². The number of rotatable bonds is 1. The summed E-state index contributed by atoms with van der Waals surface area (Å²) in [5, 5.41) is 11.7. The number of nitrogens with one attached hydrogen (secondary N) is 1. The summed E-state index contributed by atoms with van der Waals surface area (Å²) in [6.07, 6.45) is 0. The molecule has 0 saturated carbocycles. The Balaban J connectivity index is 2.55. The molecule has 1 aliphatic heterocycles. The maximum atomic E-state index is 12.9. The molecular weight excluding hydrogens is 221 g/mol. The zero-order valence-electron chi connectivity index (χ0n) is 7.77. The van der Waals surface area contributed by atoms with Gasteiger partial charge in [-0.1, -0.05) is 0 Å². The molecule has 1 aromatic rings. The number of benzene rings is 1. The number of anilines is 1. The van der Waals surface area contributed by atoms with Crippen molar-refractivity contribution in [2.45, 2.75) is 10.9 Å². The second-order valence-corrected chi connectivity index (χ2v) is 5.45. The van der Waals surface area contributed by atoms with Crippen LogP contribution in [0.3, 0.4) is 0 Å². The van der Waals surface area contributed by atoms with Crippen molar-refractivity contribution in [3.63, 3.8) is 0 Å². The fourth-order valence-electron chi connectivity index (χ4n) is 1.59. The van der Waals surface area contributed by atoms with Gasteiger partial charge in [-0.25, -0.2) is 12.8 Å². The van der Waals surface area contributed by atoms with Crippen molar-refractivity contribution in [1.82, 2.24) is 0 Å². The van der Waals surface area contributed by atoms with Gasteiger partial charge in [0.25, 0.3) is 0 Å². The number of aliphatic hydroxyl groups excluding tert-OH is 1. The van der Waals surface area contributed by atoms with Crippen LogP contribution in [0, 0.1) is 5.82 Å². The van der Waals surface area contributed by atoms with Crippen molar-refractivity contribution in [2.24, 2.45) is 0 Å². The zero-order chi connectivity index (χ0) is 11.1. The molecule has 2 rings (SSSR count). The highest BCUT2D eigenvalue weighted by atomic mass is 32.2. The molecule has 0 amide bonds. The van der Waals surface area contributed by atoms with E-state index < -0.39 is 21.7 Å². The standard InChI is InChI=1S/C9H10FNO3S/c10-6-1-2-8-9(3-6)15(13,14)5-7(4-12)11-8/h1-3,7,11-12H,4-5H2. The molecule has 6 heteroatoms. The minimum absolute atomic E-state index is 0.0350. The van der Waals surface area contributed by atoms with Crippen LogP contribution in [0.25, 0.3) is 0 Å². The van der Waals surface area contributed by atoms with Crippen molar-refractivity contribution in [1.29, 1.82) is 0 Å². The first-order chi connectivity index (χ1) is 7.03. The Morgan fingerprint density at radius 1 is 1.53 bits per heavy atom. The summed E-state index contributed by atoms with van der Waals surface area (Å²) < 4.78 is 36.2. The molecule has 0 aromatic heterocycles. The first-order valence-electron chi connectivity index (χ1n) is 4.42. The molecule has 0 spiro atoms. The lowest BCUT2D eigenvalue weighted by molar-refractivity contribution is 0.281. The SMILES string of the molecule is O=S1(=O)CC(CO)Nc2ccc(F)cc21. The van der Waals surface area contributed by atoms with Crippen LogP contribution >= 0.6 is 0 Å². The van der Waals surface area contributed by atoms with E-state index >= 15 is 0 Å². The highest BCUT2D eigenvalue weighted by Gasteiger charge is 2.29. The van der Waals surface area contributed by atoms with Gasteiger partial charge in [-0.05, 0) is 18.2 Å². The third-order valence-electron chi connectivity index (χ3n) is 2.28. The minimum atomic E-state index is -3.49. The van der Waals surface area contributed by atoms with Gasteiger partial charge in [-0.2, -0.15) is 0 Å². The molecule has 0 aliphatic carbocycles. The Bertz CT molecular complexity index is 486. The van der Waals surface area contributed by atoms with Gasteiger partial charge in [0, 0.05) is 0 Å². The third kappa shape index (κ3) is 1.82. The van der Waals surface area contributed by atoms with Crippen molar-refractivity contribution in [3.8, 4) is 0 Å². The van der Waals surface area contributed by atoms with Gasteiger partial charge < -0.3 is 10.4 Å². The molecule has 4 nitrogen and oxygen atoms in total. The highest BCUT2D eigenvalue weighted by molar-refractivity contribution is 7.91. The molecule has 1 aliphatic rings. The maximum Gasteiger partial charge on any atom is 0.182 e. The molecule has 1 aromatic carbocycles. The van der Waals surface area contributed by atoms with E-state index in [2.05, 4.69) is 5.32 Å². The van der Waals surface area contributed by atoms with Gasteiger partial charge >= 0.3 is 0 Å². The molecule has 82 valence electrons. The van der Waals surface area contributed by atoms with E-state index in [9.17, 15) is 12.8 Å². The molecule has 0 saturated heterocycles. The van der Waals surface area contributed by atoms with Gasteiger partial charge in [0.1, 0.15) is 5.82 Å². The molecule has 0 bridgehead atoms. The van der Waals surface area contributed by atoms with E-state index in [1.54, 1.807) is 0 Å². The molecule has 1 atom stereocenters. The average molecular weight is 231 g/mol. The van der Waals surface area contributed by atoms with Crippen LogP contribution in [-0.4, -0.2) is 31.9 Å². The van der Waals surface area contributed by atoms with E-state index in [0.717, 1.165) is 6.07 Å². The summed E-state index contributed by atoms with van der Waals surface area (Å²) in [6.45, 7) is -0.268. The van der Waals surface area contributed by atoms with Gasteiger partial charge in [0.2, 0.25) is 0 Å². The molecular formula is C9H10FNO3S. The molecule has 2 N–H and O–H groups in total. The molecule has 0 radical (unpaired) electrons. The largest absolute Gasteiger partial charge is 0.394 e. The van der Waals surface area contributed by atoms with Crippen LogP contribution in [0.4, 0.5) is 10.1 Å². The average Bonchev–Trinajstić information content (AvgIpc) is 2.18. The summed E-state index contributed by atoms with van der Waals surface area (Å²) in [7, 11) is -3.49. The van der Waals surface area contributed by atoms with E-state index in [1.807, 2.05) is 0 Å². The topological polar surface area (TPSA) is 66.4 Å². The van der Waals surface area contributed by atoms with Crippen molar-refractivity contribution in [3.05, 3.63) is 24.0 Å². The van der Waals surface area contributed by atoms with Gasteiger partial charge in [0.05, 0.1) is 29.0 Å². The van der Waals surface area contributed by atoms with Crippen LogP contribution in [-0.2, 0) is 9.84 Å². The van der Waals surface area contributed by atoms with Crippen molar-refractivity contribution >= 4 is 15.5 Å². The summed E-state index contributed by atoms with van der Waals surface area (Å²) in [5.41, 5.74) is 0.349. The van der Waals surface area contributed by atoms with Gasteiger partial charge in [-0.15, -0.1) is 0 Å². The minimum Gasteiger partial charge on any atom is -0.394 e. The first-order valence-corrected chi connectivity index (χ1v) is 6.08. The Labute approximate surface area is 86.7 Å².